The fourth-order valence-electron chi connectivity index (χ4n) is 1.73. The molecule has 0 saturated carbocycles. The largest absolute Gasteiger partial charge is 0.507 e. The molecule has 2 aromatic carbocycles. The number of aromatic hydroxyl groups is 1. The molecule has 6 heteroatoms. The first-order valence-corrected chi connectivity index (χ1v) is 6.69. The number of carboxylic acids is 1. The van der Waals surface area contributed by atoms with Crippen molar-refractivity contribution < 1.29 is 19.8 Å². The van der Waals surface area contributed by atoms with Gasteiger partial charge in [0.15, 0.2) is 0 Å². The number of hydrogen-bond donors (Lipinski definition) is 4. The van der Waals surface area contributed by atoms with Gasteiger partial charge in [-0.15, -0.1) is 0 Å². The Kier molecular flexibility index (Phi) is 6.56. The number of rotatable bonds is 4. The first-order valence-electron chi connectivity index (χ1n) is 6.69. The standard InChI is InChI=1S/C11H9NO.C5H9NO3/c12-7-10-9-4-2-1-3-8(9)5-6-11(10)13;1-2-4(7)6-3-5(8)9/h1-7,12-13H;2-3H2,1H3,(H,6,7)(H,8,9). The van der Waals surface area contributed by atoms with Crippen molar-refractivity contribution in [2.45, 2.75) is 13.3 Å². The van der Waals surface area contributed by atoms with Crippen molar-refractivity contribution in [3.63, 3.8) is 0 Å². The molecule has 22 heavy (non-hydrogen) atoms. The van der Waals surface area contributed by atoms with Crippen LogP contribution in [0.1, 0.15) is 18.9 Å². The van der Waals surface area contributed by atoms with Crippen molar-refractivity contribution in [3.8, 4) is 5.75 Å². The summed E-state index contributed by atoms with van der Waals surface area (Å²) in [4.78, 5) is 20.1. The molecule has 4 N–H and O–H groups in total. The summed E-state index contributed by atoms with van der Waals surface area (Å²) in [6.45, 7) is 1.38. The van der Waals surface area contributed by atoms with Gasteiger partial charge in [-0.05, 0) is 16.8 Å². The molecule has 0 unspecified atom stereocenters. The van der Waals surface area contributed by atoms with E-state index in [1.165, 1.54) is 6.21 Å². The SMILES string of the molecule is CCC(=O)NCC(=O)O.N=Cc1c(O)ccc2ccccc12. The molecule has 0 spiro atoms. The fraction of sp³-hybridized carbons (Fsp3) is 0.188. The molecule has 0 radical (unpaired) electrons. The van der Waals surface area contributed by atoms with E-state index < -0.39 is 5.97 Å². The van der Waals surface area contributed by atoms with Gasteiger partial charge in [0, 0.05) is 18.2 Å². The Balaban J connectivity index is 0.000000239. The van der Waals surface area contributed by atoms with Crippen LogP contribution in [0.15, 0.2) is 36.4 Å². The molecule has 0 aromatic heterocycles. The number of carbonyl (C=O) groups excluding carboxylic acids is 1. The lowest BCUT2D eigenvalue weighted by atomic mass is 10.0. The summed E-state index contributed by atoms with van der Waals surface area (Å²) in [6, 6.07) is 11.2. The molecule has 2 rings (SSSR count). The summed E-state index contributed by atoms with van der Waals surface area (Å²) < 4.78 is 0. The average Bonchev–Trinajstić information content (AvgIpc) is 2.53. The van der Waals surface area contributed by atoms with Crippen LogP contribution < -0.4 is 5.32 Å². The van der Waals surface area contributed by atoms with E-state index >= 15 is 0 Å². The first kappa shape index (κ1) is 17.2. The zero-order valence-electron chi connectivity index (χ0n) is 12.2. The summed E-state index contributed by atoms with van der Waals surface area (Å²) in [6.07, 6.45) is 1.50. The van der Waals surface area contributed by atoms with Crippen LogP contribution in [0.5, 0.6) is 5.75 Å². The van der Waals surface area contributed by atoms with Crippen LogP contribution in [-0.2, 0) is 9.59 Å². The molecule has 0 heterocycles. The number of aliphatic carboxylic acids is 1. The molecule has 2 aromatic rings. The van der Waals surface area contributed by atoms with Gasteiger partial charge in [-0.25, -0.2) is 0 Å². The number of carbonyl (C=O) groups is 2. The average molecular weight is 302 g/mol. The summed E-state index contributed by atoms with van der Waals surface area (Å²) in [5.74, 6) is -1.09. The lowest BCUT2D eigenvalue weighted by molar-refractivity contribution is -0.137. The van der Waals surface area contributed by atoms with Crippen LogP contribution >= 0.6 is 0 Å². The van der Waals surface area contributed by atoms with Gasteiger partial charge in [-0.3, -0.25) is 9.59 Å². The molecule has 6 nitrogen and oxygen atoms in total. The van der Waals surface area contributed by atoms with E-state index in [0.29, 0.717) is 12.0 Å². The van der Waals surface area contributed by atoms with E-state index in [0.717, 1.165) is 10.8 Å². The van der Waals surface area contributed by atoms with Crippen molar-refractivity contribution in [1.29, 1.82) is 5.41 Å². The zero-order valence-corrected chi connectivity index (χ0v) is 12.2. The lowest BCUT2D eigenvalue weighted by Gasteiger charge is -2.03. The highest BCUT2D eigenvalue weighted by Gasteiger charge is 2.02. The minimum absolute atomic E-state index is 0.161. The van der Waals surface area contributed by atoms with Crippen molar-refractivity contribution in [2.75, 3.05) is 6.54 Å². The van der Waals surface area contributed by atoms with Crippen molar-refractivity contribution >= 4 is 28.9 Å². The topological polar surface area (TPSA) is 110 Å². The summed E-state index contributed by atoms with van der Waals surface area (Å²) in [5.41, 5.74) is 0.582. The number of fused-ring (bicyclic) bond motifs is 1. The van der Waals surface area contributed by atoms with E-state index in [1.54, 1.807) is 13.0 Å². The highest BCUT2D eigenvalue weighted by atomic mass is 16.4. The first-order chi connectivity index (χ1) is 10.5. The summed E-state index contributed by atoms with van der Waals surface area (Å²) in [7, 11) is 0. The molecular weight excluding hydrogens is 284 g/mol. The van der Waals surface area contributed by atoms with Crippen LogP contribution in [0.2, 0.25) is 0 Å². The van der Waals surface area contributed by atoms with Crippen LogP contribution in [0.25, 0.3) is 10.8 Å². The van der Waals surface area contributed by atoms with Gasteiger partial charge in [0.05, 0.1) is 0 Å². The van der Waals surface area contributed by atoms with Crippen LogP contribution in [0, 0.1) is 5.41 Å². The Labute approximate surface area is 127 Å². The Morgan fingerprint density at radius 1 is 1.23 bits per heavy atom. The van der Waals surface area contributed by atoms with Gasteiger partial charge in [0.2, 0.25) is 5.91 Å². The molecular formula is C16H18N2O4. The van der Waals surface area contributed by atoms with Crippen molar-refractivity contribution in [3.05, 3.63) is 42.0 Å². The van der Waals surface area contributed by atoms with E-state index in [1.807, 2.05) is 30.3 Å². The maximum Gasteiger partial charge on any atom is 0.322 e. The van der Waals surface area contributed by atoms with Gasteiger partial charge in [-0.1, -0.05) is 37.3 Å². The zero-order chi connectivity index (χ0) is 16.5. The quantitative estimate of drug-likeness (QED) is 0.648. The van der Waals surface area contributed by atoms with Crippen LogP contribution in [0.3, 0.4) is 0 Å². The maximum atomic E-state index is 10.3. The molecule has 0 fully saturated rings. The Bertz CT molecular complexity index is 683. The number of nitrogens with one attached hydrogen (secondary N) is 2. The number of benzene rings is 2. The van der Waals surface area contributed by atoms with Gasteiger partial charge in [0.25, 0.3) is 0 Å². The fourth-order valence-corrected chi connectivity index (χ4v) is 1.73. The Morgan fingerprint density at radius 2 is 1.91 bits per heavy atom. The van der Waals surface area contributed by atoms with E-state index in [2.05, 4.69) is 5.32 Å². The molecule has 0 bridgehead atoms. The second-order valence-corrected chi connectivity index (χ2v) is 4.39. The van der Waals surface area contributed by atoms with Crippen LogP contribution in [-0.4, -0.2) is 34.8 Å². The molecule has 0 saturated heterocycles. The predicted molar refractivity (Wildman–Crippen MR) is 84.4 cm³/mol. The van der Waals surface area contributed by atoms with Crippen LogP contribution in [0.4, 0.5) is 0 Å². The molecule has 1 amide bonds. The summed E-state index contributed by atoms with van der Waals surface area (Å²) >= 11 is 0. The highest BCUT2D eigenvalue weighted by molar-refractivity contribution is 6.01. The smallest absolute Gasteiger partial charge is 0.322 e. The second-order valence-electron chi connectivity index (χ2n) is 4.39. The lowest BCUT2D eigenvalue weighted by Crippen LogP contribution is -2.28. The van der Waals surface area contributed by atoms with E-state index in [4.69, 9.17) is 10.5 Å². The minimum atomic E-state index is -1.02. The van der Waals surface area contributed by atoms with Gasteiger partial charge >= 0.3 is 5.97 Å². The third-order valence-corrected chi connectivity index (χ3v) is 2.85. The molecule has 0 aliphatic carbocycles. The van der Waals surface area contributed by atoms with Crippen molar-refractivity contribution in [2.24, 2.45) is 0 Å². The van der Waals surface area contributed by atoms with Gasteiger partial charge in [-0.2, -0.15) is 0 Å². The number of phenols is 1. The summed E-state index contributed by atoms with van der Waals surface area (Å²) in [5, 5.41) is 28.8. The maximum absolute atomic E-state index is 10.3. The highest BCUT2D eigenvalue weighted by Crippen LogP contribution is 2.24. The third-order valence-electron chi connectivity index (χ3n) is 2.85. The second kappa shape index (κ2) is 8.41. The molecule has 0 atom stereocenters. The third kappa shape index (κ3) is 4.90. The molecule has 116 valence electrons. The van der Waals surface area contributed by atoms with Crippen molar-refractivity contribution in [1.82, 2.24) is 5.32 Å². The normalized spacial score (nSPS) is 9.50. The number of phenolic OH excluding ortho intramolecular Hbond substituents is 1. The number of carboxylic acid groups (broad SMARTS) is 1. The van der Waals surface area contributed by atoms with Gasteiger partial charge < -0.3 is 20.9 Å². The van der Waals surface area contributed by atoms with E-state index in [-0.39, 0.29) is 18.2 Å². The monoisotopic (exact) mass is 302 g/mol. The van der Waals surface area contributed by atoms with Gasteiger partial charge in [0.1, 0.15) is 12.3 Å². The molecule has 0 aliphatic heterocycles. The van der Waals surface area contributed by atoms with E-state index in [9.17, 15) is 14.7 Å². The predicted octanol–water partition coefficient (Wildman–Crippen LogP) is 2.14. The Morgan fingerprint density at radius 3 is 2.50 bits per heavy atom. The molecule has 0 aliphatic rings. The number of hydrogen-bond acceptors (Lipinski definition) is 4. The minimum Gasteiger partial charge on any atom is -0.507 e. The Hall–Kier alpha value is -2.89. The number of amides is 1.